The zero-order valence-corrected chi connectivity index (χ0v) is 15.9. The van der Waals surface area contributed by atoms with Gasteiger partial charge in [0.05, 0.1) is 11.6 Å². The highest BCUT2D eigenvalue weighted by atomic mass is 19.1. The number of carbonyl (C=O) groups is 2. The van der Waals surface area contributed by atoms with Crippen molar-refractivity contribution in [2.24, 2.45) is 0 Å². The van der Waals surface area contributed by atoms with Crippen molar-refractivity contribution in [3.63, 3.8) is 0 Å². The minimum atomic E-state index is -0.747. The number of benzene rings is 2. The zero-order valence-electron chi connectivity index (χ0n) is 15.9. The van der Waals surface area contributed by atoms with Crippen molar-refractivity contribution in [3.8, 4) is 0 Å². The van der Waals surface area contributed by atoms with Gasteiger partial charge in [-0.05, 0) is 44.8 Å². The second-order valence-corrected chi connectivity index (χ2v) is 7.07. The van der Waals surface area contributed by atoms with Gasteiger partial charge in [0.2, 0.25) is 0 Å². The van der Waals surface area contributed by atoms with Crippen molar-refractivity contribution in [2.75, 3.05) is 27.2 Å². The van der Waals surface area contributed by atoms with Crippen molar-refractivity contribution in [1.82, 2.24) is 9.80 Å². The van der Waals surface area contributed by atoms with Crippen LogP contribution in [-0.4, -0.2) is 53.8 Å². The molecule has 2 aromatic carbocycles. The van der Waals surface area contributed by atoms with Crippen LogP contribution in [0.15, 0.2) is 60.2 Å². The van der Waals surface area contributed by atoms with Gasteiger partial charge in [-0.2, -0.15) is 0 Å². The summed E-state index contributed by atoms with van der Waals surface area (Å²) in [5.41, 5.74) is 1.08. The van der Waals surface area contributed by atoms with Gasteiger partial charge in [-0.3, -0.25) is 9.59 Å². The van der Waals surface area contributed by atoms with Gasteiger partial charge in [0, 0.05) is 12.1 Å². The number of hydrogen-bond donors (Lipinski definition) is 1. The Kier molecular flexibility index (Phi) is 5.90. The first-order valence-corrected chi connectivity index (χ1v) is 9.14. The van der Waals surface area contributed by atoms with E-state index in [-0.39, 0.29) is 11.3 Å². The van der Waals surface area contributed by atoms with Gasteiger partial charge in [0.25, 0.3) is 11.7 Å². The molecule has 0 spiro atoms. The quantitative estimate of drug-likeness (QED) is 0.474. The van der Waals surface area contributed by atoms with Crippen LogP contribution in [0.5, 0.6) is 0 Å². The molecule has 1 atom stereocenters. The molecule has 1 aliphatic heterocycles. The number of ketones is 1. The number of halogens is 1. The van der Waals surface area contributed by atoms with E-state index in [1.54, 1.807) is 42.5 Å². The molecule has 28 heavy (non-hydrogen) atoms. The van der Waals surface area contributed by atoms with Gasteiger partial charge in [0.15, 0.2) is 0 Å². The van der Waals surface area contributed by atoms with E-state index in [4.69, 9.17) is 0 Å². The smallest absolute Gasteiger partial charge is 0.295 e. The van der Waals surface area contributed by atoms with Gasteiger partial charge >= 0.3 is 0 Å². The Morgan fingerprint density at radius 2 is 1.71 bits per heavy atom. The van der Waals surface area contributed by atoms with E-state index in [2.05, 4.69) is 0 Å². The Hall–Kier alpha value is -2.99. The molecule has 0 saturated carbocycles. The van der Waals surface area contributed by atoms with Crippen LogP contribution in [0.1, 0.15) is 23.6 Å². The molecule has 1 fully saturated rings. The average molecular weight is 382 g/mol. The zero-order chi connectivity index (χ0) is 20.3. The number of amides is 1. The maximum absolute atomic E-state index is 13.4. The van der Waals surface area contributed by atoms with Crippen LogP contribution in [0, 0.1) is 5.82 Å². The Labute approximate surface area is 163 Å². The number of hydrogen-bond acceptors (Lipinski definition) is 4. The largest absolute Gasteiger partial charge is 0.507 e. The Balaban J connectivity index is 2.07. The van der Waals surface area contributed by atoms with E-state index in [0.29, 0.717) is 24.1 Å². The first kappa shape index (κ1) is 19.8. The molecule has 0 bridgehead atoms. The molecule has 1 amide bonds. The fourth-order valence-corrected chi connectivity index (χ4v) is 3.41. The highest BCUT2D eigenvalue weighted by molar-refractivity contribution is 6.46. The van der Waals surface area contributed by atoms with E-state index in [1.165, 1.54) is 17.0 Å². The summed E-state index contributed by atoms with van der Waals surface area (Å²) in [5.74, 6) is -1.99. The standard InChI is InChI=1S/C22H23FN2O3/c1-24(2)13-6-14-25-19(15-9-11-17(23)12-10-15)18(21(27)22(25)28)20(26)16-7-4-3-5-8-16/h3-5,7-12,19,26H,6,13-14H2,1-2H3/b20-18+. The summed E-state index contributed by atoms with van der Waals surface area (Å²) in [6.07, 6.45) is 0.670. The topological polar surface area (TPSA) is 60.9 Å². The third kappa shape index (κ3) is 3.97. The number of nitrogens with zero attached hydrogens (tertiary/aromatic N) is 2. The summed E-state index contributed by atoms with van der Waals surface area (Å²) in [5, 5.41) is 10.8. The van der Waals surface area contributed by atoms with Crippen LogP contribution in [0.25, 0.3) is 5.76 Å². The molecular formula is C22H23FN2O3. The van der Waals surface area contributed by atoms with Crippen LogP contribution in [-0.2, 0) is 9.59 Å². The molecule has 0 aromatic heterocycles. The molecule has 5 nitrogen and oxygen atoms in total. The lowest BCUT2D eigenvalue weighted by atomic mass is 9.95. The lowest BCUT2D eigenvalue weighted by Crippen LogP contribution is -2.32. The molecule has 0 radical (unpaired) electrons. The Morgan fingerprint density at radius 3 is 2.32 bits per heavy atom. The van der Waals surface area contributed by atoms with Crippen molar-refractivity contribution >= 4 is 17.4 Å². The molecule has 1 aliphatic rings. The summed E-state index contributed by atoms with van der Waals surface area (Å²) in [4.78, 5) is 29.0. The number of likely N-dealkylation sites (tertiary alicyclic amines) is 1. The number of carbonyl (C=O) groups excluding carboxylic acids is 2. The van der Waals surface area contributed by atoms with Crippen LogP contribution in [0.3, 0.4) is 0 Å². The number of aliphatic hydroxyl groups excluding tert-OH is 1. The molecule has 3 rings (SSSR count). The van der Waals surface area contributed by atoms with Gasteiger partial charge in [-0.15, -0.1) is 0 Å². The molecule has 146 valence electrons. The minimum absolute atomic E-state index is 0.0349. The fraction of sp³-hybridized carbons (Fsp3) is 0.273. The summed E-state index contributed by atoms with van der Waals surface area (Å²) in [6, 6.07) is 13.6. The first-order valence-electron chi connectivity index (χ1n) is 9.14. The number of rotatable bonds is 6. The van der Waals surface area contributed by atoms with Crippen molar-refractivity contribution in [2.45, 2.75) is 12.5 Å². The fourth-order valence-electron chi connectivity index (χ4n) is 3.41. The molecule has 0 aliphatic carbocycles. The van der Waals surface area contributed by atoms with E-state index >= 15 is 0 Å². The molecular weight excluding hydrogens is 359 g/mol. The van der Waals surface area contributed by atoms with Gasteiger partial charge in [-0.1, -0.05) is 42.5 Å². The van der Waals surface area contributed by atoms with Crippen molar-refractivity contribution in [1.29, 1.82) is 0 Å². The highest BCUT2D eigenvalue weighted by Crippen LogP contribution is 2.39. The summed E-state index contributed by atoms with van der Waals surface area (Å²) < 4.78 is 13.4. The van der Waals surface area contributed by atoms with Crippen LogP contribution in [0.4, 0.5) is 4.39 Å². The van der Waals surface area contributed by atoms with E-state index in [1.807, 2.05) is 19.0 Å². The van der Waals surface area contributed by atoms with Crippen LogP contribution < -0.4 is 0 Å². The monoisotopic (exact) mass is 382 g/mol. The lowest BCUT2D eigenvalue weighted by Gasteiger charge is -2.26. The second kappa shape index (κ2) is 8.35. The molecule has 1 heterocycles. The molecule has 2 aromatic rings. The number of Topliss-reactive ketones (excluding diaryl/α,β-unsaturated/α-hetero) is 1. The highest BCUT2D eigenvalue weighted by Gasteiger charge is 2.45. The SMILES string of the molecule is CN(C)CCCN1C(=O)C(=O)/C(=C(/O)c2ccccc2)C1c1ccc(F)cc1. The molecule has 1 unspecified atom stereocenters. The van der Waals surface area contributed by atoms with E-state index in [0.717, 1.165) is 6.54 Å². The van der Waals surface area contributed by atoms with Crippen molar-refractivity contribution < 1.29 is 19.1 Å². The second-order valence-electron chi connectivity index (χ2n) is 7.07. The van der Waals surface area contributed by atoms with Crippen LogP contribution >= 0.6 is 0 Å². The maximum atomic E-state index is 13.4. The third-order valence-corrected chi connectivity index (χ3v) is 4.78. The molecule has 6 heteroatoms. The number of aliphatic hydroxyl groups is 1. The van der Waals surface area contributed by atoms with E-state index < -0.39 is 23.5 Å². The van der Waals surface area contributed by atoms with Crippen molar-refractivity contribution in [3.05, 3.63) is 77.1 Å². The average Bonchev–Trinajstić information content (AvgIpc) is 2.93. The predicted molar refractivity (Wildman–Crippen MR) is 105 cm³/mol. The van der Waals surface area contributed by atoms with Gasteiger partial charge < -0.3 is 14.9 Å². The van der Waals surface area contributed by atoms with Gasteiger partial charge in [-0.25, -0.2) is 4.39 Å². The first-order chi connectivity index (χ1) is 13.4. The van der Waals surface area contributed by atoms with E-state index in [9.17, 15) is 19.1 Å². The summed E-state index contributed by atoms with van der Waals surface area (Å²) >= 11 is 0. The van der Waals surface area contributed by atoms with Crippen LogP contribution in [0.2, 0.25) is 0 Å². The summed E-state index contributed by atoms with van der Waals surface area (Å²) in [7, 11) is 3.86. The summed E-state index contributed by atoms with van der Waals surface area (Å²) in [6.45, 7) is 1.11. The molecule has 1 saturated heterocycles. The predicted octanol–water partition coefficient (Wildman–Crippen LogP) is 3.20. The normalized spacial score (nSPS) is 18.9. The Bertz CT molecular complexity index is 892. The third-order valence-electron chi connectivity index (χ3n) is 4.78. The lowest BCUT2D eigenvalue weighted by molar-refractivity contribution is -0.139. The van der Waals surface area contributed by atoms with Gasteiger partial charge in [0.1, 0.15) is 11.6 Å². The maximum Gasteiger partial charge on any atom is 0.295 e. The minimum Gasteiger partial charge on any atom is -0.507 e. The molecule has 1 N–H and O–H groups in total. The Morgan fingerprint density at radius 1 is 1.07 bits per heavy atom.